The van der Waals surface area contributed by atoms with Crippen molar-refractivity contribution in [3.63, 3.8) is 0 Å². The molecule has 0 fully saturated rings. The smallest absolute Gasteiger partial charge is 0.355 e. The van der Waals surface area contributed by atoms with Crippen molar-refractivity contribution < 1.29 is 23.9 Å². The minimum Gasteiger partial charge on any atom is -0.466 e. The van der Waals surface area contributed by atoms with E-state index < -0.39 is 18.1 Å². The predicted molar refractivity (Wildman–Crippen MR) is 104 cm³/mol. The Labute approximate surface area is 167 Å². The Morgan fingerprint density at radius 2 is 1.90 bits per heavy atom. The number of benzene rings is 1. The van der Waals surface area contributed by atoms with Crippen LogP contribution in [-0.4, -0.2) is 41.9 Å². The third-order valence-electron chi connectivity index (χ3n) is 4.30. The summed E-state index contributed by atoms with van der Waals surface area (Å²) in [7, 11) is 2.41. The summed E-state index contributed by atoms with van der Waals surface area (Å²) in [5.74, 6) is -1.87. The van der Waals surface area contributed by atoms with Crippen LogP contribution in [0.5, 0.6) is 0 Å². The molecular weight excluding hydrogens is 374 g/mol. The molecule has 29 heavy (non-hydrogen) atoms. The molecule has 8 nitrogen and oxygen atoms in total. The molecule has 1 N–H and O–H groups in total. The molecule has 1 aromatic heterocycles. The molecule has 148 valence electrons. The Morgan fingerprint density at radius 1 is 1.10 bits per heavy atom. The number of methoxy groups -OCH3 is 2. The summed E-state index contributed by atoms with van der Waals surface area (Å²) < 4.78 is 9.48. The molecule has 1 amide bonds. The molecule has 1 atom stereocenters. The highest BCUT2D eigenvalue weighted by Crippen LogP contribution is 2.32. The van der Waals surface area contributed by atoms with Crippen LogP contribution in [0.2, 0.25) is 0 Å². The summed E-state index contributed by atoms with van der Waals surface area (Å²) in [6.45, 7) is 0. The number of carbonyl (C=O) groups excluding carboxylic acids is 3. The van der Waals surface area contributed by atoms with Crippen LogP contribution in [0.15, 0.2) is 66.8 Å². The Hall–Kier alpha value is -3.94. The van der Waals surface area contributed by atoms with Crippen LogP contribution < -0.4 is 5.32 Å². The molecule has 0 spiro atoms. The van der Waals surface area contributed by atoms with Gasteiger partial charge in [-0.2, -0.15) is 0 Å². The zero-order chi connectivity index (χ0) is 20.8. The largest absolute Gasteiger partial charge is 0.466 e. The van der Waals surface area contributed by atoms with E-state index >= 15 is 0 Å². The molecule has 2 aromatic rings. The van der Waals surface area contributed by atoms with E-state index in [2.05, 4.69) is 15.0 Å². The summed E-state index contributed by atoms with van der Waals surface area (Å²) in [4.78, 5) is 42.4. The maximum atomic E-state index is 12.8. The van der Waals surface area contributed by atoms with Crippen molar-refractivity contribution in [2.45, 2.75) is 6.17 Å². The molecule has 1 aliphatic heterocycles. The van der Waals surface area contributed by atoms with E-state index in [1.165, 1.54) is 25.3 Å². The molecular formula is C21H19N3O5. The lowest BCUT2D eigenvalue weighted by molar-refractivity contribution is -0.140. The summed E-state index contributed by atoms with van der Waals surface area (Å²) >= 11 is 0. The zero-order valence-corrected chi connectivity index (χ0v) is 15.9. The van der Waals surface area contributed by atoms with Crippen molar-refractivity contribution in [2.24, 2.45) is 0 Å². The highest BCUT2D eigenvalue weighted by molar-refractivity contribution is 5.97. The molecule has 1 unspecified atom stereocenters. The maximum Gasteiger partial charge on any atom is 0.355 e. The van der Waals surface area contributed by atoms with Gasteiger partial charge in [0.15, 0.2) is 0 Å². The number of esters is 2. The van der Waals surface area contributed by atoms with Crippen LogP contribution >= 0.6 is 0 Å². The van der Waals surface area contributed by atoms with Gasteiger partial charge < -0.3 is 19.7 Å². The summed E-state index contributed by atoms with van der Waals surface area (Å²) in [5.41, 5.74) is 1.88. The summed E-state index contributed by atoms with van der Waals surface area (Å²) in [6, 6.07) is 10.7. The number of ether oxygens (including phenoxy) is 2. The number of carbonyl (C=O) groups is 3. The Balaban J connectivity index is 2.04. The van der Waals surface area contributed by atoms with Gasteiger partial charge in [0.25, 0.3) is 5.91 Å². The van der Waals surface area contributed by atoms with Gasteiger partial charge in [0.05, 0.1) is 25.9 Å². The van der Waals surface area contributed by atoms with E-state index in [4.69, 9.17) is 4.74 Å². The van der Waals surface area contributed by atoms with Crippen LogP contribution in [-0.2, 0) is 19.1 Å². The summed E-state index contributed by atoms with van der Waals surface area (Å²) in [5, 5.41) is 2.89. The lowest BCUT2D eigenvalue weighted by atomic mass is 10.00. The molecule has 0 bridgehead atoms. The number of hydrogen-bond acceptors (Lipinski definition) is 7. The first-order valence-electron chi connectivity index (χ1n) is 8.69. The van der Waals surface area contributed by atoms with Crippen molar-refractivity contribution in [1.29, 1.82) is 0 Å². The lowest BCUT2D eigenvalue weighted by Crippen LogP contribution is -2.42. The molecule has 0 saturated heterocycles. The van der Waals surface area contributed by atoms with Gasteiger partial charge in [0.2, 0.25) is 0 Å². The average molecular weight is 393 g/mol. The van der Waals surface area contributed by atoms with E-state index in [0.29, 0.717) is 5.56 Å². The van der Waals surface area contributed by atoms with Gasteiger partial charge >= 0.3 is 11.9 Å². The predicted octanol–water partition coefficient (Wildman–Crippen LogP) is 2.03. The molecule has 8 heteroatoms. The minimum absolute atomic E-state index is 0.0819. The SMILES string of the molecule is COC(=O)/C=C(\C(=O)OC)N1C=Cc2ccccc2C1NC(=O)c1cccnc1. The van der Waals surface area contributed by atoms with Crippen LogP contribution in [0, 0.1) is 0 Å². The van der Waals surface area contributed by atoms with Crippen molar-refractivity contribution in [3.8, 4) is 0 Å². The van der Waals surface area contributed by atoms with Crippen LogP contribution in [0.4, 0.5) is 0 Å². The number of nitrogens with one attached hydrogen (secondary N) is 1. The number of amides is 1. The van der Waals surface area contributed by atoms with Gasteiger partial charge in [0.1, 0.15) is 11.9 Å². The van der Waals surface area contributed by atoms with E-state index in [1.54, 1.807) is 30.6 Å². The van der Waals surface area contributed by atoms with Crippen LogP contribution in [0.1, 0.15) is 27.7 Å². The second kappa shape index (κ2) is 8.83. The number of rotatable bonds is 5. The second-order valence-corrected chi connectivity index (χ2v) is 6.01. The monoisotopic (exact) mass is 393 g/mol. The van der Waals surface area contributed by atoms with E-state index in [9.17, 15) is 14.4 Å². The number of pyridine rings is 1. The van der Waals surface area contributed by atoms with Gasteiger partial charge in [-0.15, -0.1) is 0 Å². The maximum absolute atomic E-state index is 12.8. The molecule has 0 aliphatic carbocycles. The van der Waals surface area contributed by atoms with Crippen molar-refractivity contribution in [1.82, 2.24) is 15.2 Å². The Kier molecular flexibility index (Phi) is 6.03. The lowest BCUT2D eigenvalue weighted by Gasteiger charge is -2.35. The van der Waals surface area contributed by atoms with Gasteiger partial charge in [0, 0.05) is 24.2 Å². The number of fused-ring (bicyclic) bond motifs is 1. The molecule has 0 saturated carbocycles. The number of hydrogen-bond donors (Lipinski definition) is 1. The van der Waals surface area contributed by atoms with E-state index in [-0.39, 0.29) is 11.6 Å². The Morgan fingerprint density at radius 3 is 2.59 bits per heavy atom. The second-order valence-electron chi connectivity index (χ2n) is 6.01. The first kappa shape index (κ1) is 19.8. The molecule has 1 aromatic carbocycles. The van der Waals surface area contributed by atoms with E-state index in [0.717, 1.165) is 17.2 Å². The van der Waals surface area contributed by atoms with Crippen LogP contribution in [0.25, 0.3) is 6.08 Å². The third-order valence-corrected chi connectivity index (χ3v) is 4.30. The van der Waals surface area contributed by atoms with Gasteiger partial charge in [-0.05, 0) is 23.8 Å². The van der Waals surface area contributed by atoms with Crippen LogP contribution in [0.3, 0.4) is 0 Å². The summed E-state index contributed by atoms with van der Waals surface area (Å²) in [6.07, 6.45) is 6.64. The zero-order valence-electron chi connectivity index (χ0n) is 15.9. The standard InChI is InChI=1S/C21H19N3O5/c1-28-18(25)12-17(21(27)29-2)24-11-9-14-6-3-4-8-16(14)19(24)23-20(26)15-7-5-10-22-13-15/h3-13,19H,1-2H3,(H,23,26)/b17-12+. The quantitative estimate of drug-likeness (QED) is 0.613. The van der Waals surface area contributed by atoms with Gasteiger partial charge in [-0.25, -0.2) is 9.59 Å². The molecule has 2 heterocycles. The topological polar surface area (TPSA) is 97.8 Å². The Bertz CT molecular complexity index is 985. The molecule has 0 radical (unpaired) electrons. The average Bonchev–Trinajstić information content (AvgIpc) is 2.77. The van der Waals surface area contributed by atoms with E-state index in [1.807, 2.05) is 24.3 Å². The number of nitrogens with zero attached hydrogens (tertiary/aromatic N) is 2. The highest BCUT2D eigenvalue weighted by atomic mass is 16.5. The van der Waals surface area contributed by atoms with Crippen molar-refractivity contribution >= 4 is 23.9 Å². The van der Waals surface area contributed by atoms with Crippen molar-refractivity contribution in [3.05, 3.63) is 83.5 Å². The first-order valence-corrected chi connectivity index (χ1v) is 8.69. The molecule has 3 rings (SSSR count). The third kappa shape index (κ3) is 4.32. The molecule has 1 aliphatic rings. The minimum atomic E-state index is -0.765. The number of aromatic nitrogens is 1. The van der Waals surface area contributed by atoms with Gasteiger partial charge in [-0.1, -0.05) is 24.3 Å². The first-order chi connectivity index (χ1) is 14.0. The fourth-order valence-electron chi connectivity index (χ4n) is 2.89. The fraction of sp³-hybridized carbons (Fsp3) is 0.143. The van der Waals surface area contributed by atoms with Gasteiger partial charge in [-0.3, -0.25) is 9.78 Å². The fourth-order valence-corrected chi connectivity index (χ4v) is 2.89. The van der Waals surface area contributed by atoms with Crippen molar-refractivity contribution in [2.75, 3.05) is 14.2 Å². The normalized spacial score (nSPS) is 15.3. The highest BCUT2D eigenvalue weighted by Gasteiger charge is 2.31.